The Morgan fingerprint density at radius 3 is 2.62 bits per heavy atom. The molecule has 0 bridgehead atoms. The maximum Gasteiger partial charge on any atom is 0.158 e. The summed E-state index contributed by atoms with van der Waals surface area (Å²) in [7, 11) is 0. The Morgan fingerprint density at radius 1 is 1.14 bits per heavy atom. The molecule has 160 valence electrons. The van der Waals surface area contributed by atoms with Crippen LogP contribution < -0.4 is 0 Å². The molecule has 2 rings (SSSR count). The smallest absolute Gasteiger partial charge is 0.158 e. The van der Waals surface area contributed by atoms with E-state index < -0.39 is 24.9 Å². The third kappa shape index (κ3) is 8.23. The molecule has 1 fully saturated rings. The normalized spacial score (nSPS) is 25.8. The largest absolute Gasteiger partial charge is 0.393 e. The highest BCUT2D eigenvalue weighted by molar-refractivity contribution is 5.79. The van der Waals surface area contributed by atoms with Crippen LogP contribution in [0.1, 0.15) is 44.1 Å². The van der Waals surface area contributed by atoms with E-state index in [-0.39, 0.29) is 17.6 Å². The molecule has 5 atom stereocenters. The molecule has 0 spiro atoms. The van der Waals surface area contributed by atoms with Gasteiger partial charge in [-0.3, -0.25) is 4.79 Å². The van der Waals surface area contributed by atoms with Gasteiger partial charge in [-0.2, -0.15) is 0 Å². The Morgan fingerprint density at radius 2 is 1.90 bits per heavy atom. The lowest BCUT2D eigenvalue weighted by atomic mass is 9.89. The summed E-state index contributed by atoms with van der Waals surface area (Å²) in [6.45, 7) is -0.402. The number of aliphatic hydroxyl groups is 4. The zero-order valence-corrected chi connectivity index (χ0v) is 16.9. The van der Waals surface area contributed by atoms with Crippen molar-refractivity contribution in [1.29, 1.82) is 0 Å². The van der Waals surface area contributed by atoms with Crippen LogP contribution >= 0.6 is 0 Å². The zero-order valence-electron chi connectivity index (χ0n) is 16.9. The van der Waals surface area contributed by atoms with E-state index in [1.165, 1.54) is 5.56 Å². The van der Waals surface area contributed by atoms with Crippen LogP contribution in [0.5, 0.6) is 0 Å². The highest BCUT2D eigenvalue weighted by Crippen LogP contribution is 2.36. The number of aliphatic hydroxyl groups excluding tert-OH is 4. The summed E-state index contributed by atoms with van der Waals surface area (Å²) in [4.78, 5) is 11.1. The van der Waals surface area contributed by atoms with Gasteiger partial charge in [0.15, 0.2) is 5.78 Å². The average Bonchev–Trinajstić information content (AvgIpc) is 3.00. The highest BCUT2D eigenvalue weighted by atomic mass is 16.3. The van der Waals surface area contributed by atoms with Crippen molar-refractivity contribution < 1.29 is 25.2 Å². The minimum Gasteiger partial charge on any atom is -0.393 e. The molecule has 0 saturated heterocycles. The molecule has 5 heteroatoms. The summed E-state index contributed by atoms with van der Waals surface area (Å²) in [5.41, 5.74) is 1.18. The standard InChI is InChI=1S/C24H34O5/c25-17-20(27)10-6-1-2-7-11-21-22(24(29)16-23(21)28)15-14-19(26)13-12-18-8-4-3-5-9-18/h2-5,7-9,14-15,19,21-26,28-29H,1,6,10-13,16-17H2/b7-2+,15-14+. The number of Topliss-reactive ketones (excluding diaryl/α,β-unsaturated/α-hetero) is 1. The van der Waals surface area contributed by atoms with Crippen molar-refractivity contribution in [2.75, 3.05) is 6.61 Å². The number of unbranched alkanes of at least 4 members (excludes halogenated alkanes) is 1. The number of rotatable bonds is 12. The van der Waals surface area contributed by atoms with Gasteiger partial charge < -0.3 is 20.4 Å². The van der Waals surface area contributed by atoms with Gasteiger partial charge in [0.1, 0.15) is 6.61 Å². The first-order valence-electron chi connectivity index (χ1n) is 10.5. The van der Waals surface area contributed by atoms with Gasteiger partial charge in [-0.15, -0.1) is 0 Å². The van der Waals surface area contributed by atoms with E-state index in [0.717, 1.165) is 12.8 Å². The van der Waals surface area contributed by atoms with Gasteiger partial charge in [-0.05, 0) is 43.6 Å². The molecule has 5 nitrogen and oxygen atoms in total. The molecule has 1 aliphatic carbocycles. The topological polar surface area (TPSA) is 98.0 Å². The maximum absolute atomic E-state index is 11.1. The Labute approximate surface area is 173 Å². The van der Waals surface area contributed by atoms with Crippen LogP contribution in [0.4, 0.5) is 0 Å². The van der Waals surface area contributed by atoms with Crippen molar-refractivity contribution in [3.8, 4) is 0 Å². The molecule has 0 aromatic heterocycles. The molecule has 1 saturated carbocycles. The molecule has 1 aromatic carbocycles. The van der Waals surface area contributed by atoms with Crippen LogP contribution in [0, 0.1) is 11.8 Å². The van der Waals surface area contributed by atoms with Gasteiger partial charge in [0.05, 0.1) is 18.3 Å². The van der Waals surface area contributed by atoms with Crippen molar-refractivity contribution in [1.82, 2.24) is 0 Å². The second kappa shape index (κ2) is 12.7. The van der Waals surface area contributed by atoms with Gasteiger partial charge >= 0.3 is 0 Å². The predicted octanol–water partition coefficient (Wildman–Crippen LogP) is 2.57. The van der Waals surface area contributed by atoms with Crippen LogP contribution in [-0.4, -0.2) is 51.1 Å². The summed E-state index contributed by atoms with van der Waals surface area (Å²) in [5, 5.41) is 39.6. The fourth-order valence-corrected chi connectivity index (χ4v) is 3.89. The molecule has 0 aliphatic heterocycles. The van der Waals surface area contributed by atoms with Crippen molar-refractivity contribution in [2.45, 2.75) is 63.3 Å². The Bertz CT molecular complexity index is 654. The van der Waals surface area contributed by atoms with Gasteiger partial charge in [-0.1, -0.05) is 54.6 Å². The fourth-order valence-electron chi connectivity index (χ4n) is 3.89. The van der Waals surface area contributed by atoms with Crippen molar-refractivity contribution in [3.63, 3.8) is 0 Å². The molecule has 0 heterocycles. The van der Waals surface area contributed by atoms with Gasteiger partial charge in [0.25, 0.3) is 0 Å². The van der Waals surface area contributed by atoms with E-state index >= 15 is 0 Å². The quantitative estimate of drug-likeness (QED) is 0.318. The number of carbonyl (C=O) groups excluding carboxylic acids is 1. The van der Waals surface area contributed by atoms with Crippen molar-refractivity contribution >= 4 is 5.78 Å². The third-order valence-electron chi connectivity index (χ3n) is 5.62. The lowest BCUT2D eigenvalue weighted by molar-refractivity contribution is -0.121. The molecule has 0 radical (unpaired) electrons. The monoisotopic (exact) mass is 402 g/mol. The summed E-state index contributed by atoms with van der Waals surface area (Å²) < 4.78 is 0. The van der Waals surface area contributed by atoms with E-state index in [0.29, 0.717) is 32.1 Å². The predicted molar refractivity (Wildman–Crippen MR) is 113 cm³/mol. The summed E-state index contributed by atoms with van der Waals surface area (Å²) >= 11 is 0. The van der Waals surface area contributed by atoms with Crippen LogP contribution in [0.3, 0.4) is 0 Å². The first-order valence-corrected chi connectivity index (χ1v) is 10.5. The Balaban J connectivity index is 1.80. The third-order valence-corrected chi connectivity index (χ3v) is 5.62. The lowest BCUT2D eigenvalue weighted by Gasteiger charge is -2.19. The second-order valence-electron chi connectivity index (χ2n) is 7.88. The first kappa shape index (κ1) is 23.5. The zero-order chi connectivity index (χ0) is 21.1. The molecule has 29 heavy (non-hydrogen) atoms. The molecule has 5 unspecified atom stereocenters. The molecular formula is C24H34O5. The fraction of sp³-hybridized carbons (Fsp3) is 0.542. The molecule has 4 N–H and O–H groups in total. The van der Waals surface area contributed by atoms with Crippen LogP contribution in [0.25, 0.3) is 0 Å². The number of carbonyl (C=O) groups is 1. The van der Waals surface area contributed by atoms with Crippen LogP contribution in [-0.2, 0) is 11.2 Å². The Kier molecular flexibility index (Phi) is 10.3. The van der Waals surface area contributed by atoms with E-state index in [4.69, 9.17) is 5.11 Å². The highest BCUT2D eigenvalue weighted by Gasteiger charge is 2.39. The number of hydrogen-bond donors (Lipinski definition) is 4. The SMILES string of the molecule is O=C(CO)CCC/C=C/CC1C(O)CC(O)C1/C=C/C(O)CCc1ccccc1. The Hall–Kier alpha value is -1.79. The van der Waals surface area contributed by atoms with E-state index in [9.17, 15) is 20.1 Å². The lowest BCUT2D eigenvalue weighted by Crippen LogP contribution is -2.20. The number of ketones is 1. The number of hydrogen-bond acceptors (Lipinski definition) is 5. The number of allylic oxidation sites excluding steroid dienone is 2. The number of aryl methyl sites for hydroxylation is 1. The molecule has 0 amide bonds. The van der Waals surface area contributed by atoms with E-state index in [1.54, 1.807) is 6.08 Å². The van der Waals surface area contributed by atoms with E-state index in [1.807, 2.05) is 48.6 Å². The minimum atomic E-state index is -0.608. The van der Waals surface area contributed by atoms with E-state index in [2.05, 4.69) is 0 Å². The van der Waals surface area contributed by atoms with Crippen molar-refractivity contribution in [2.24, 2.45) is 11.8 Å². The summed E-state index contributed by atoms with van der Waals surface area (Å²) in [5.74, 6) is -0.418. The van der Waals surface area contributed by atoms with Gasteiger partial charge in [0.2, 0.25) is 0 Å². The first-order chi connectivity index (χ1) is 14.0. The molecular weight excluding hydrogens is 368 g/mol. The number of benzene rings is 1. The summed E-state index contributed by atoms with van der Waals surface area (Å²) in [6, 6.07) is 10.0. The van der Waals surface area contributed by atoms with Gasteiger partial charge in [0, 0.05) is 18.8 Å². The van der Waals surface area contributed by atoms with Gasteiger partial charge in [-0.25, -0.2) is 0 Å². The van der Waals surface area contributed by atoms with Crippen molar-refractivity contribution in [3.05, 3.63) is 60.2 Å². The molecule has 1 aliphatic rings. The second-order valence-corrected chi connectivity index (χ2v) is 7.88. The minimum absolute atomic E-state index is 0.0853. The van der Waals surface area contributed by atoms with Crippen LogP contribution in [0.15, 0.2) is 54.6 Å². The molecule has 1 aromatic rings. The summed E-state index contributed by atoms with van der Waals surface area (Å²) in [6.07, 6.45) is 10.0. The average molecular weight is 403 g/mol. The maximum atomic E-state index is 11.1. The van der Waals surface area contributed by atoms with Crippen LogP contribution in [0.2, 0.25) is 0 Å².